The maximum atomic E-state index is 13.0. The Kier molecular flexibility index (Phi) is 7.55. The lowest BCUT2D eigenvalue weighted by atomic mass is 10.0. The molecular formula is C21H26F2N2O5. The van der Waals surface area contributed by atoms with Crippen molar-refractivity contribution in [2.45, 2.75) is 40.0 Å². The smallest absolute Gasteiger partial charge is 0.387 e. The van der Waals surface area contributed by atoms with Crippen LogP contribution in [-0.2, 0) is 11.3 Å². The van der Waals surface area contributed by atoms with Crippen LogP contribution in [0.1, 0.15) is 44.6 Å². The number of nitrogens with zero attached hydrogens (tertiary/aromatic N) is 1. The molecule has 30 heavy (non-hydrogen) atoms. The summed E-state index contributed by atoms with van der Waals surface area (Å²) in [5.41, 5.74) is 2.57. The number of likely N-dealkylation sites (N-methyl/N-ethyl adjacent to an activating group) is 1. The first-order chi connectivity index (χ1) is 14.1. The molecule has 0 radical (unpaired) electrons. The highest BCUT2D eigenvalue weighted by atomic mass is 19.3. The number of ether oxygens (including phenoxy) is 3. The van der Waals surface area contributed by atoms with Crippen molar-refractivity contribution in [3.05, 3.63) is 46.3 Å². The van der Waals surface area contributed by atoms with Crippen molar-refractivity contribution in [1.29, 1.82) is 0 Å². The number of H-pyrrole nitrogens is 1. The number of aromatic nitrogens is 1. The summed E-state index contributed by atoms with van der Waals surface area (Å²) < 4.78 is 39.3. The minimum atomic E-state index is -2.95. The molecule has 0 aliphatic heterocycles. The Hall–Kier alpha value is -2.94. The molecule has 1 aromatic carbocycles. The monoisotopic (exact) mass is 424 g/mol. The zero-order chi connectivity index (χ0) is 22.6. The predicted octanol–water partition coefficient (Wildman–Crippen LogP) is 3.73. The molecule has 0 spiro atoms. The molecule has 1 N–H and O–H groups in total. The van der Waals surface area contributed by atoms with Gasteiger partial charge < -0.3 is 19.2 Å². The van der Waals surface area contributed by atoms with Gasteiger partial charge in [0.2, 0.25) is 0 Å². The van der Waals surface area contributed by atoms with Crippen molar-refractivity contribution < 1.29 is 32.6 Å². The standard InChI is InChI=1S/C21H26F2N2O5/c1-11-17(20(27)29-6)12(2)24-18(11)19(26)13(3)25(4)10-14-7-8-15(30-21(22)23)16(9-14)28-5/h7-9,13,21,24H,10H2,1-6H3/t13-/m1/s1. The molecule has 1 heterocycles. The number of alkyl halides is 2. The molecule has 1 aromatic heterocycles. The Morgan fingerprint density at radius 1 is 1.17 bits per heavy atom. The second kappa shape index (κ2) is 9.71. The average Bonchev–Trinajstić information content (AvgIpc) is 3.00. The maximum absolute atomic E-state index is 13.0. The van der Waals surface area contributed by atoms with Crippen molar-refractivity contribution in [1.82, 2.24) is 9.88 Å². The predicted molar refractivity (Wildman–Crippen MR) is 106 cm³/mol. The van der Waals surface area contributed by atoms with Crippen LogP contribution in [0, 0.1) is 13.8 Å². The molecule has 0 saturated heterocycles. The zero-order valence-electron chi connectivity index (χ0n) is 17.8. The number of benzene rings is 1. The Bertz CT molecular complexity index is 926. The van der Waals surface area contributed by atoms with Gasteiger partial charge in [-0.3, -0.25) is 9.69 Å². The van der Waals surface area contributed by atoms with Crippen molar-refractivity contribution >= 4 is 11.8 Å². The van der Waals surface area contributed by atoms with Crippen LogP contribution >= 0.6 is 0 Å². The van der Waals surface area contributed by atoms with E-state index in [1.807, 2.05) is 0 Å². The van der Waals surface area contributed by atoms with Gasteiger partial charge in [-0.15, -0.1) is 0 Å². The van der Waals surface area contributed by atoms with Crippen molar-refractivity contribution in [3.8, 4) is 11.5 Å². The summed E-state index contributed by atoms with van der Waals surface area (Å²) in [5, 5.41) is 0. The molecule has 2 aromatic rings. The van der Waals surface area contributed by atoms with Gasteiger partial charge in [0, 0.05) is 12.2 Å². The highest BCUT2D eigenvalue weighted by molar-refractivity contribution is 6.03. The fraction of sp³-hybridized carbons (Fsp3) is 0.429. The van der Waals surface area contributed by atoms with Gasteiger partial charge in [-0.05, 0) is 51.1 Å². The molecule has 1 atom stereocenters. The van der Waals surface area contributed by atoms with Gasteiger partial charge in [0.1, 0.15) is 0 Å². The Labute approximate surface area is 173 Å². The number of nitrogens with one attached hydrogen (secondary N) is 1. The van der Waals surface area contributed by atoms with Gasteiger partial charge in [0.25, 0.3) is 0 Å². The fourth-order valence-electron chi connectivity index (χ4n) is 3.24. The number of Topliss-reactive ketones (excluding diaryl/α,β-unsaturated/α-hetero) is 1. The maximum Gasteiger partial charge on any atom is 0.387 e. The highest BCUT2D eigenvalue weighted by Crippen LogP contribution is 2.30. The largest absolute Gasteiger partial charge is 0.493 e. The van der Waals surface area contributed by atoms with Crippen LogP contribution in [0.25, 0.3) is 0 Å². The van der Waals surface area contributed by atoms with Crippen LogP contribution in [0.3, 0.4) is 0 Å². The van der Waals surface area contributed by atoms with E-state index in [1.54, 1.807) is 44.9 Å². The fourth-order valence-corrected chi connectivity index (χ4v) is 3.24. The van der Waals surface area contributed by atoms with E-state index in [0.717, 1.165) is 5.56 Å². The summed E-state index contributed by atoms with van der Waals surface area (Å²) in [6, 6.07) is 4.11. The van der Waals surface area contributed by atoms with Crippen molar-refractivity contribution in [2.24, 2.45) is 0 Å². The van der Waals surface area contributed by atoms with Crippen LogP contribution in [0.15, 0.2) is 18.2 Å². The lowest BCUT2D eigenvalue weighted by molar-refractivity contribution is -0.0512. The van der Waals surface area contributed by atoms with Crippen molar-refractivity contribution in [2.75, 3.05) is 21.3 Å². The van der Waals surface area contributed by atoms with Crippen LogP contribution in [0.4, 0.5) is 8.78 Å². The number of aromatic amines is 1. The summed E-state index contributed by atoms with van der Waals surface area (Å²) in [6.45, 7) is 2.57. The van der Waals surface area contributed by atoms with Crippen LogP contribution < -0.4 is 9.47 Å². The van der Waals surface area contributed by atoms with Gasteiger partial charge in [-0.25, -0.2) is 4.79 Å². The van der Waals surface area contributed by atoms with Gasteiger partial charge in [-0.1, -0.05) is 6.07 Å². The molecule has 0 unspecified atom stereocenters. The van der Waals surface area contributed by atoms with E-state index < -0.39 is 18.6 Å². The third-order valence-electron chi connectivity index (χ3n) is 4.99. The van der Waals surface area contributed by atoms with Gasteiger partial charge in [0.15, 0.2) is 17.3 Å². The number of methoxy groups -OCH3 is 2. The molecule has 0 bridgehead atoms. The first-order valence-electron chi connectivity index (χ1n) is 9.24. The Morgan fingerprint density at radius 3 is 2.40 bits per heavy atom. The molecule has 0 aliphatic rings. The molecule has 164 valence electrons. The quantitative estimate of drug-likeness (QED) is 0.488. The van der Waals surface area contributed by atoms with E-state index in [-0.39, 0.29) is 17.3 Å². The Balaban J connectivity index is 2.19. The topological polar surface area (TPSA) is 80.9 Å². The van der Waals surface area contributed by atoms with E-state index in [4.69, 9.17) is 9.47 Å². The van der Waals surface area contributed by atoms with Crippen LogP contribution in [0.5, 0.6) is 11.5 Å². The second-order valence-electron chi connectivity index (χ2n) is 6.94. The van der Waals surface area contributed by atoms with E-state index in [2.05, 4.69) is 9.72 Å². The average molecular weight is 424 g/mol. The van der Waals surface area contributed by atoms with Gasteiger partial charge in [0.05, 0.1) is 31.5 Å². The number of rotatable bonds is 9. The third-order valence-corrected chi connectivity index (χ3v) is 4.99. The summed E-state index contributed by atoms with van der Waals surface area (Å²) in [4.78, 5) is 29.8. The number of hydrogen-bond donors (Lipinski definition) is 1. The molecule has 0 fully saturated rings. The number of hydrogen-bond acceptors (Lipinski definition) is 6. The first-order valence-corrected chi connectivity index (χ1v) is 9.24. The number of ketones is 1. The molecule has 0 aliphatic carbocycles. The lowest BCUT2D eigenvalue weighted by Gasteiger charge is -2.24. The Morgan fingerprint density at radius 2 is 1.83 bits per heavy atom. The molecule has 0 saturated carbocycles. The van der Waals surface area contributed by atoms with E-state index in [0.29, 0.717) is 29.1 Å². The summed E-state index contributed by atoms with van der Waals surface area (Å²) in [5.74, 6) is -0.563. The van der Waals surface area contributed by atoms with E-state index in [9.17, 15) is 18.4 Å². The van der Waals surface area contributed by atoms with Crippen molar-refractivity contribution in [3.63, 3.8) is 0 Å². The third kappa shape index (κ3) is 4.96. The number of carbonyl (C=O) groups is 2. The lowest BCUT2D eigenvalue weighted by Crippen LogP contribution is -2.36. The number of halogens is 2. The van der Waals surface area contributed by atoms with Gasteiger partial charge in [-0.2, -0.15) is 8.78 Å². The molecular weight excluding hydrogens is 398 g/mol. The summed E-state index contributed by atoms with van der Waals surface area (Å²) in [6.07, 6.45) is 0. The number of carbonyl (C=O) groups excluding carboxylic acids is 2. The number of esters is 1. The van der Waals surface area contributed by atoms with Crippen LogP contribution in [0.2, 0.25) is 0 Å². The minimum Gasteiger partial charge on any atom is -0.493 e. The first kappa shape index (κ1) is 23.3. The second-order valence-corrected chi connectivity index (χ2v) is 6.94. The summed E-state index contributed by atoms with van der Waals surface area (Å²) >= 11 is 0. The zero-order valence-corrected chi connectivity index (χ0v) is 17.8. The number of aryl methyl sites for hydroxylation is 1. The molecule has 7 nitrogen and oxygen atoms in total. The highest BCUT2D eigenvalue weighted by Gasteiger charge is 2.27. The van der Waals surface area contributed by atoms with E-state index in [1.165, 1.54) is 20.3 Å². The summed E-state index contributed by atoms with van der Waals surface area (Å²) in [7, 11) is 4.42. The van der Waals surface area contributed by atoms with Crippen LogP contribution in [-0.4, -0.2) is 55.6 Å². The minimum absolute atomic E-state index is 0.0594. The molecule has 9 heteroatoms. The SMILES string of the molecule is COC(=O)c1c(C)[nH]c(C(=O)[C@@H](C)N(C)Cc2ccc(OC(F)F)c(OC)c2)c1C. The van der Waals surface area contributed by atoms with E-state index >= 15 is 0 Å². The normalized spacial score (nSPS) is 12.2. The molecule has 2 rings (SSSR count). The van der Waals surface area contributed by atoms with Gasteiger partial charge >= 0.3 is 12.6 Å². The molecule has 0 amide bonds.